The Balaban J connectivity index is 0.00000176. The van der Waals surface area contributed by atoms with Gasteiger partial charge in [-0.05, 0) is 50.3 Å². The van der Waals surface area contributed by atoms with Crippen LogP contribution in [-0.4, -0.2) is 12.9 Å². The van der Waals surface area contributed by atoms with E-state index in [2.05, 4.69) is 11.8 Å². The van der Waals surface area contributed by atoms with Crippen LogP contribution >= 0.6 is 0 Å². The van der Waals surface area contributed by atoms with E-state index in [1.165, 1.54) is 0 Å². The van der Waals surface area contributed by atoms with E-state index in [-0.39, 0.29) is 52.9 Å². The third-order valence-corrected chi connectivity index (χ3v) is 4.41. The van der Waals surface area contributed by atoms with E-state index in [1.807, 2.05) is 6.07 Å². The summed E-state index contributed by atoms with van der Waals surface area (Å²) in [6, 6.07) is 5.41. The Labute approximate surface area is 153 Å². The van der Waals surface area contributed by atoms with Crippen LogP contribution in [0.25, 0.3) is 5.57 Å². The second-order valence-corrected chi connectivity index (χ2v) is 5.60. The standard InChI is InChI=1S/C18H18O3.Na/c1-3-4-11-5-8-14(15(9-11)21-2)16-17(19)12-6-7-13(10-12)18(16)20;/h5,8-9,12-13,19H,6-7,10H2,1-2H3;/q;+1/p-1. The van der Waals surface area contributed by atoms with Gasteiger partial charge in [0.1, 0.15) is 5.75 Å². The van der Waals surface area contributed by atoms with E-state index in [4.69, 9.17) is 4.74 Å². The number of benzene rings is 1. The van der Waals surface area contributed by atoms with Crippen LogP contribution < -0.4 is 39.4 Å². The summed E-state index contributed by atoms with van der Waals surface area (Å²) < 4.78 is 5.38. The van der Waals surface area contributed by atoms with Crippen LogP contribution in [-0.2, 0) is 4.79 Å². The van der Waals surface area contributed by atoms with Gasteiger partial charge in [0.2, 0.25) is 0 Å². The fourth-order valence-electron chi connectivity index (χ4n) is 3.37. The fourth-order valence-corrected chi connectivity index (χ4v) is 3.37. The number of rotatable bonds is 2. The molecule has 0 radical (unpaired) electrons. The Morgan fingerprint density at radius 1 is 1.27 bits per heavy atom. The third-order valence-electron chi connectivity index (χ3n) is 4.41. The molecule has 1 fully saturated rings. The summed E-state index contributed by atoms with van der Waals surface area (Å²) in [6.07, 6.45) is 2.39. The van der Waals surface area contributed by atoms with E-state index < -0.39 is 0 Å². The normalized spacial score (nSPS) is 22.7. The smallest absolute Gasteiger partial charge is 0.875 e. The van der Waals surface area contributed by atoms with Crippen LogP contribution in [0.4, 0.5) is 0 Å². The Kier molecular flexibility index (Phi) is 5.39. The molecule has 0 aromatic heterocycles. The minimum absolute atomic E-state index is 0. The molecule has 2 bridgehead atoms. The van der Waals surface area contributed by atoms with E-state index in [9.17, 15) is 9.90 Å². The SMILES string of the molecule is CC#Cc1ccc(C2=C([O-])C3CCC(C3)C2=O)c(OC)c1.[Na+]. The number of ketones is 1. The maximum Gasteiger partial charge on any atom is 1.00 e. The number of hydrogen-bond acceptors (Lipinski definition) is 3. The summed E-state index contributed by atoms with van der Waals surface area (Å²) in [6.45, 7) is 1.76. The first-order valence-electron chi connectivity index (χ1n) is 7.22. The average molecular weight is 304 g/mol. The van der Waals surface area contributed by atoms with Crippen molar-refractivity contribution >= 4 is 11.4 Å². The van der Waals surface area contributed by atoms with Crippen molar-refractivity contribution in [1.29, 1.82) is 0 Å². The minimum atomic E-state index is -0.0126. The summed E-state index contributed by atoms with van der Waals surface area (Å²) >= 11 is 0. The topological polar surface area (TPSA) is 49.4 Å². The van der Waals surface area contributed by atoms with Gasteiger partial charge >= 0.3 is 29.6 Å². The number of methoxy groups -OCH3 is 1. The molecule has 0 saturated heterocycles. The first-order valence-corrected chi connectivity index (χ1v) is 7.22. The maximum absolute atomic E-state index is 12.5. The molecule has 4 heteroatoms. The Bertz CT molecular complexity index is 694. The Hall–Kier alpha value is -1.21. The minimum Gasteiger partial charge on any atom is -0.875 e. The van der Waals surface area contributed by atoms with Gasteiger partial charge in [-0.3, -0.25) is 4.79 Å². The van der Waals surface area contributed by atoms with Crippen LogP contribution in [0.5, 0.6) is 5.75 Å². The first kappa shape index (κ1) is 17.1. The molecule has 3 nitrogen and oxygen atoms in total. The molecule has 0 amide bonds. The maximum atomic E-state index is 12.5. The summed E-state index contributed by atoms with van der Waals surface area (Å²) in [5.74, 6) is 6.34. The summed E-state index contributed by atoms with van der Waals surface area (Å²) in [7, 11) is 1.55. The van der Waals surface area contributed by atoms with Gasteiger partial charge < -0.3 is 9.84 Å². The van der Waals surface area contributed by atoms with Crippen molar-refractivity contribution < 1.29 is 44.2 Å². The predicted octanol–water partition coefficient (Wildman–Crippen LogP) is -0.859. The number of fused-ring (bicyclic) bond motifs is 2. The van der Waals surface area contributed by atoms with Gasteiger partial charge in [0.15, 0.2) is 5.78 Å². The molecule has 3 rings (SSSR count). The molecule has 0 N–H and O–H groups in total. The van der Waals surface area contributed by atoms with Crippen molar-refractivity contribution in [3.63, 3.8) is 0 Å². The van der Waals surface area contributed by atoms with Crippen LogP contribution in [0.1, 0.15) is 37.3 Å². The van der Waals surface area contributed by atoms with Crippen molar-refractivity contribution in [2.24, 2.45) is 11.8 Å². The molecule has 108 valence electrons. The molecule has 0 spiro atoms. The monoisotopic (exact) mass is 304 g/mol. The van der Waals surface area contributed by atoms with Crippen LogP contribution in [0.2, 0.25) is 0 Å². The zero-order valence-corrected chi connectivity index (χ0v) is 15.2. The van der Waals surface area contributed by atoms with Gasteiger partial charge in [0.05, 0.1) is 7.11 Å². The third kappa shape index (κ3) is 2.84. The summed E-state index contributed by atoms with van der Waals surface area (Å²) in [4.78, 5) is 12.5. The van der Waals surface area contributed by atoms with E-state index in [0.29, 0.717) is 16.9 Å². The number of carbonyl (C=O) groups is 1. The first-order chi connectivity index (χ1) is 10.2. The van der Waals surface area contributed by atoms with Gasteiger partial charge in [-0.2, -0.15) is 0 Å². The number of ether oxygens (including phenoxy) is 1. The number of Topliss-reactive ketones (excluding diaryl/α,β-unsaturated/α-hetero) is 1. The molecule has 2 unspecified atom stereocenters. The zero-order chi connectivity index (χ0) is 15.0. The summed E-state index contributed by atoms with van der Waals surface area (Å²) in [5.41, 5.74) is 1.77. The Morgan fingerprint density at radius 2 is 2.00 bits per heavy atom. The molecule has 1 aromatic carbocycles. The molecule has 0 aliphatic heterocycles. The second-order valence-electron chi connectivity index (χ2n) is 5.60. The molecule has 22 heavy (non-hydrogen) atoms. The largest absolute Gasteiger partial charge is 1.00 e. The molecular formula is C18H17NaO3. The van der Waals surface area contributed by atoms with Crippen LogP contribution in [0.3, 0.4) is 0 Å². The van der Waals surface area contributed by atoms with E-state index in [0.717, 1.165) is 24.8 Å². The van der Waals surface area contributed by atoms with Gasteiger partial charge in [-0.1, -0.05) is 5.92 Å². The van der Waals surface area contributed by atoms with Crippen molar-refractivity contribution in [3.05, 3.63) is 35.1 Å². The predicted molar refractivity (Wildman–Crippen MR) is 78.3 cm³/mol. The van der Waals surface area contributed by atoms with Crippen molar-refractivity contribution in [2.45, 2.75) is 26.2 Å². The fraction of sp³-hybridized carbons (Fsp3) is 0.389. The molecular weight excluding hydrogens is 287 g/mol. The quantitative estimate of drug-likeness (QED) is 0.528. The van der Waals surface area contributed by atoms with E-state index >= 15 is 0 Å². The Morgan fingerprint density at radius 3 is 2.68 bits per heavy atom. The number of hydrogen-bond donors (Lipinski definition) is 0. The summed E-state index contributed by atoms with van der Waals surface area (Å²) in [5, 5.41) is 12.5. The molecule has 2 aliphatic rings. The van der Waals surface area contributed by atoms with Crippen molar-refractivity contribution in [2.75, 3.05) is 7.11 Å². The number of carbonyl (C=O) groups excluding carboxylic acids is 1. The van der Waals surface area contributed by atoms with Crippen LogP contribution in [0, 0.1) is 23.7 Å². The second kappa shape index (κ2) is 6.91. The zero-order valence-electron chi connectivity index (χ0n) is 13.2. The molecule has 1 saturated carbocycles. The molecule has 2 atom stereocenters. The number of allylic oxidation sites excluding steroid dienone is 2. The average Bonchev–Trinajstić information content (AvgIpc) is 2.94. The van der Waals surface area contributed by atoms with E-state index in [1.54, 1.807) is 26.2 Å². The van der Waals surface area contributed by atoms with Gasteiger partial charge in [0.25, 0.3) is 0 Å². The molecule has 0 heterocycles. The molecule has 1 aromatic rings. The van der Waals surface area contributed by atoms with Crippen molar-refractivity contribution in [1.82, 2.24) is 0 Å². The van der Waals surface area contributed by atoms with Gasteiger partial charge in [0, 0.05) is 22.6 Å². The molecule has 2 aliphatic carbocycles. The van der Waals surface area contributed by atoms with Gasteiger partial charge in [-0.25, -0.2) is 0 Å². The van der Waals surface area contributed by atoms with Crippen molar-refractivity contribution in [3.8, 4) is 17.6 Å². The van der Waals surface area contributed by atoms with Gasteiger partial charge in [-0.15, -0.1) is 11.7 Å². The van der Waals surface area contributed by atoms with Crippen LogP contribution in [0.15, 0.2) is 24.0 Å².